The van der Waals surface area contributed by atoms with E-state index in [0.29, 0.717) is 0 Å². The highest BCUT2D eigenvalue weighted by Gasteiger charge is 2.29. The molecule has 0 saturated carbocycles. The number of carbonyl (C=O) groups is 2. The fourth-order valence-corrected chi connectivity index (χ4v) is 1.20. The smallest absolute Gasteiger partial charge is 0.337 e. The second-order valence-electron chi connectivity index (χ2n) is 3.58. The number of carboxylic acid groups (broad SMARTS) is 1. The van der Waals surface area contributed by atoms with E-state index in [2.05, 4.69) is 0 Å². The van der Waals surface area contributed by atoms with Crippen LogP contribution in [-0.2, 0) is 4.79 Å². The van der Waals surface area contributed by atoms with Gasteiger partial charge in [0.25, 0.3) is 0 Å². The first-order chi connectivity index (χ1) is 6.34. The Labute approximate surface area is 81.5 Å². The molecule has 0 saturated heterocycles. The van der Waals surface area contributed by atoms with Crippen LogP contribution < -0.4 is 5.73 Å². The minimum absolute atomic E-state index is 0.0446. The second kappa shape index (κ2) is 3.17. The van der Waals surface area contributed by atoms with Crippen LogP contribution in [0.25, 0.3) is 0 Å². The molecule has 1 aliphatic heterocycles. The van der Waals surface area contributed by atoms with Crippen molar-refractivity contribution in [2.75, 3.05) is 0 Å². The van der Waals surface area contributed by atoms with Crippen molar-refractivity contribution in [2.45, 2.75) is 19.4 Å². The van der Waals surface area contributed by atoms with E-state index in [1.54, 1.807) is 19.9 Å². The monoisotopic (exact) mass is 196 g/mol. The van der Waals surface area contributed by atoms with Gasteiger partial charge >= 0.3 is 12.0 Å². The van der Waals surface area contributed by atoms with Gasteiger partial charge in [-0.1, -0.05) is 6.08 Å². The first-order valence-electron chi connectivity index (χ1n) is 4.08. The van der Waals surface area contributed by atoms with Crippen LogP contribution in [0.2, 0.25) is 0 Å². The van der Waals surface area contributed by atoms with E-state index in [4.69, 9.17) is 10.8 Å². The topological polar surface area (TPSA) is 83.6 Å². The third-order valence-corrected chi connectivity index (χ3v) is 2.04. The normalized spacial score (nSPS) is 19.0. The molecular formula is C9H12N2O3. The van der Waals surface area contributed by atoms with Gasteiger partial charge in [0.1, 0.15) is 0 Å². The van der Waals surface area contributed by atoms with E-state index in [1.807, 2.05) is 0 Å². The van der Waals surface area contributed by atoms with Crippen LogP contribution in [0.3, 0.4) is 0 Å². The van der Waals surface area contributed by atoms with E-state index >= 15 is 0 Å². The lowest BCUT2D eigenvalue weighted by molar-refractivity contribution is -0.132. The van der Waals surface area contributed by atoms with Gasteiger partial charge < -0.3 is 10.8 Å². The summed E-state index contributed by atoms with van der Waals surface area (Å²) in [5, 5.41) is 8.71. The van der Waals surface area contributed by atoms with Gasteiger partial charge in [-0.2, -0.15) is 0 Å². The fourth-order valence-electron chi connectivity index (χ4n) is 1.20. The number of nitrogens with zero attached hydrogens (tertiary/aromatic N) is 1. The van der Waals surface area contributed by atoms with Crippen LogP contribution in [0.4, 0.5) is 4.79 Å². The zero-order valence-corrected chi connectivity index (χ0v) is 8.02. The number of urea groups is 1. The van der Waals surface area contributed by atoms with Gasteiger partial charge in [-0.05, 0) is 19.9 Å². The Morgan fingerprint density at radius 3 is 2.50 bits per heavy atom. The Balaban J connectivity index is 3.07. The van der Waals surface area contributed by atoms with Crippen LogP contribution in [0.15, 0.2) is 23.9 Å². The SMILES string of the molecule is CC1(C)C=CC(C(=O)O)=CN1C(N)=O. The lowest BCUT2D eigenvalue weighted by atomic mass is 9.98. The predicted octanol–water partition coefficient (Wildman–Crippen LogP) is 0.684. The molecule has 2 amide bonds. The predicted molar refractivity (Wildman–Crippen MR) is 50.4 cm³/mol. The van der Waals surface area contributed by atoms with Gasteiger partial charge in [-0.3, -0.25) is 4.90 Å². The summed E-state index contributed by atoms with van der Waals surface area (Å²) in [7, 11) is 0. The van der Waals surface area contributed by atoms with Crippen LogP contribution >= 0.6 is 0 Å². The largest absolute Gasteiger partial charge is 0.478 e. The molecule has 0 radical (unpaired) electrons. The molecule has 0 atom stereocenters. The molecular weight excluding hydrogens is 184 g/mol. The van der Waals surface area contributed by atoms with Gasteiger partial charge in [0.05, 0.1) is 11.1 Å². The Morgan fingerprint density at radius 2 is 2.07 bits per heavy atom. The summed E-state index contributed by atoms with van der Waals surface area (Å²) in [4.78, 5) is 22.8. The van der Waals surface area contributed by atoms with E-state index < -0.39 is 17.5 Å². The zero-order chi connectivity index (χ0) is 10.9. The number of carboxylic acids is 1. The molecule has 0 spiro atoms. The molecule has 3 N–H and O–H groups in total. The van der Waals surface area contributed by atoms with Gasteiger partial charge in [0.15, 0.2) is 0 Å². The molecule has 0 bridgehead atoms. The Hall–Kier alpha value is -1.78. The van der Waals surface area contributed by atoms with Gasteiger partial charge in [-0.15, -0.1) is 0 Å². The molecule has 0 aromatic heterocycles. The standard InChI is InChI=1S/C9H12N2O3/c1-9(2)4-3-6(7(12)13)5-11(9)8(10)14/h3-5H,1-2H3,(H2,10,14)(H,12,13). The number of nitrogens with two attached hydrogens (primary N) is 1. The number of rotatable bonds is 1. The molecule has 0 unspecified atom stereocenters. The first kappa shape index (κ1) is 10.3. The van der Waals surface area contributed by atoms with Crippen molar-refractivity contribution in [3.05, 3.63) is 23.9 Å². The maximum absolute atomic E-state index is 11.0. The van der Waals surface area contributed by atoms with Crippen LogP contribution in [0, 0.1) is 0 Å². The van der Waals surface area contributed by atoms with Gasteiger partial charge in [0, 0.05) is 6.20 Å². The van der Waals surface area contributed by atoms with Gasteiger partial charge in [-0.25, -0.2) is 9.59 Å². The lowest BCUT2D eigenvalue weighted by Gasteiger charge is -2.34. The van der Waals surface area contributed by atoms with Crippen molar-refractivity contribution in [3.63, 3.8) is 0 Å². The van der Waals surface area contributed by atoms with E-state index in [1.165, 1.54) is 17.2 Å². The molecule has 0 aliphatic carbocycles. The van der Waals surface area contributed by atoms with Crippen molar-refractivity contribution in [1.29, 1.82) is 0 Å². The number of aliphatic carboxylic acids is 1. The molecule has 76 valence electrons. The first-order valence-corrected chi connectivity index (χ1v) is 4.08. The van der Waals surface area contributed by atoms with E-state index in [-0.39, 0.29) is 5.57 Å². The summed E-state index contributed by atoms with van der Waals surface area (Å²) < 4.78 is 0. The van der Waals surface area contributed by atoms with Crippen molar-refractivity contribution < 1.29 is 14.7 Å². The van der Waals surface area contributed by atoms with Crippen molar-refractivity contribution >= 4 is 12.0 Å². The minimum atomic E-state index is -1.08. The molecule has 1 rings (SSSR count). The number of hydrogen-bond donors (Lipinski definition) is 2. The number of amides is 2. The number of primary amides is 1. The maximum Gasteiger partial charge on any atom is 0.337 e. The molecule has 5 heteroatoms. The van der Waals surface area contributed by atoms with Gasteiger partial charge in [0.2, 0.25) is 0 Å². The highest BCUT2D eigenvalue weighted by Crippen LogP contribution is 2.23. The molecule has 1 heterocycles. The summed E-state index contributed by atoms with van der Waals surface area (Å²) in [5.41, 5.74) is 4.59. The summed E-state index contributed by atoms with van der Waals surface area (Å²) >= 11 is 0. The van der Waals surface area contributed by atoms with Crippen LogP contribution in [-0.4, -0.2) is 27.5 Å². The summed E-state index contributed by atoms with van der Waals surface area (Å²) in [5.74, 6) is -1.08. The third-order valence-electron chi connectivity index (χ3n) is 2.04. The summed E-state index contributed by atoms with van der Waals surface area (Å²) in [6.45, 7) is 3.53. The lowest BCUT2D eigenvalue weighted by Crippen LogP contribution is -2.47. The Morgan fingerprint density at radius 1 is 1.50 bits per heavy atom. The second-order valence-corrected chi connectivity index (χ2v) is 3.58. The minimum Gasteiger partial charge on any atom is -0.478 e. The van der Waals surface area contributed by atoms with Crippen molar-refractivity contribution in [3.8, 4) is 0 Å². The molecule has 5 nitrogen and oxygen atoms in total. The van der Waals surface area contributed by atoms with E-state index in [0.717, 1.165) is 0 Å². The average molecular weight is 196 g/mol. The highest BCUT2D eigenvalue weighted by atomic mass is 16.4. The molecule has 0 aromatic carbocycles. The average Bonchev–Trinajstić information content (AvgIpc) is 2.02. The molecule has 0 fully saturated rings. The van der Waals surface area contributed by atoms with Crippen molar-refractivity contribution in [1.82, 2.24) is 4.90 Å². The Bertz CT molecular complexity index is 342. The number of carbonyl (C=O) groups excluding carboxylic acids is 1. The number of hydrogen-bond acceptors (Lipinski definition) is 2. The fraction of sp³-hybridized carbons (Fsp3) is 0.333. The summed E-state index contributed by atoms with van der Waals surface area (Å²) in [6.07, 6.45) is 4.33. The zero-order valence-electron chi connectivity index (χ0n) is 8.02. The Kier molecular flexibility index (Phi) is 2.33. The highest BCUT2D eigenvalue weighted by molar-refractivity contribution is 5.91. The maximum atomic E-state index is 11.0. The van der Waals surface area contributed by atoms with Crippen LogP contribution in [0.1, 0.15) is 13.8 Å². The van der Waals surface area contributed by atoms with E-state index in [9.17, 15) is 9.59 Å². The van der Waals surface area contributed by atoms with Crippen molar-refractivity contribution in [2.24, 2.45) is 5.73 Å². The molecule has 14 heavy (non-hydrogen) atoms. The third kappa shape index (κ3) is 1.76. The van der Waals surface area contributed by atoms with Crippen LogP contribution in [0.5, 0.6) is 0 Å². The summed E-state index contributed by atoms with van der Waals surface area (Å²) in [6, 6.07) is -0.668. The quantitative estimate of drug-likeness (QED) is 0.647. The molecule has 1 aliphatic rings. The molecule has 0 aromatic rings.